The van der Waals surface area contributed by atoms with Gasteiger partial charge >= 0.3 is 0 Å². The minimum Gasteiger partial charge on any atom is -0.443 e. The van der Waals surface area contributed by atoms with Crippen LogP contribution in [-0.2, 0) is 4.74 Å². The highest BCUT2D eigenvalue weighted by Crippen LogP contribution is 2.35. The van der Waals surface area contributed by atoms with Gasteiger partial charge in [-0.05, 0) is 30.6 Å². The minimum atomic E-state index is 0.334. The van der Waals surface area contributed by atoms with Crippen LogP contribution in [0, 0.1) is 29.8 Å². The Bertz CT molecular complexity index is 269. The molecule has 1 rings (SSSR count). The fraction of sp³-hybridized carbons (Fsp3) is 0.733. The van der Waals surface area contributed by atoms with Gasteiger partial charge in [-0.1, -0.05) is 39.2 Å². The van der Waals surface area contributed by atoms with Crippen LogP contribution < -0.4 is 0 Å². The van der Waals surface area contributed by atoms with Crippen LogP contribution in [0.4, 0.5) is 0 Å². The summed E-state index contributed by atoms with van der Waals surface area (Å²) in [5.41, 5.74) is 0. The van der Waals surface area contributed by atoms with E-state index in [2.05, 4.69) is 39.4 Å². The van der Waals surface area contributed by atoms with Crippen molar-refractivity contribution < 1.29 is 4.74 Å². The van der Waals surface area contributed by atoms with Crippen molar-refractivity contribution in [2.75, 3.05) is 0 Å². The molecule has 0 spiro atoms. The predicted molar refractivity (Wildman–Crippen MR) is 68.8 cm³/mol. The molecule has 0 aromatic rings. The summed E-state index contributed by atoms with van der Waals surface area (Å²) in [7, 11) is 0. The highest BCUT2D eigenvalue weighted by atomic mass is 16.5. The van der Waals surface area contributed by atoms with E-state index in [1.54, 1.807) is 6.08 Å². The summed E-state index contributed by atoms with van der Waals surface area (Å²) in [6.07, 6.45) is 9.48. The summed E-state index contributed by atoms with van der Waals surface area (Å²) in [6, 6.07) is 0. The molecule has 1 saturated carbocycles. The van der Waals surface area contributed by atoms with E-state index in [-0.39, 0.29) is 0 Å². The Labute approximate surface area is 100 Å². The SMILES string of the molecule is C=CCC#CO[C@@H]1C[C@H](C)CC[C@H]1C(C)C. The molecule has 1 aliphatic carbocycles. The molecule has 1 nitrogen and oxygen atoms in total. The third kappa shape index (κ3) is 3.93. The van der Waals surface area contributed by atoms with Gasteiger partial charge in [0.2, 0.25) is 0 Å². The quantitative estimate of drug-likeness (QED) is 0.516. The Hall–Kier alpha value is -0.900. The first-order chi connectivity index (χ1) is 7.65. The molecule has 0 N–H and O–H groups in total. The lowest BCUT2D eigenvalue weighted by Crippen LogP contribution is -2.33. The molecule has 0 unspecified atom stereocenters. The number of ether oxygens (including phenoxy) is 1. The molecule has 90 valence electrons. The van der Waals surface area contributed by atoms with Gasteiger partial charge in [0.25, 0.3) is 0 Å². The fourth-order valence-corrected chi connectivity index (χ4v) is 2.48. The summed E-state index contributed by atoms with van der Waals surface area (Å²) in [6.45, 7) is 10.5. The molecule has 0 aromatic heterocycles. The molecule has 1 fully saturated rings. The maximum Gasteiger partial charge on any atom is 0.114 e. The van der Waals surface area contributed by atoms with Gasteiger partial charge in [0, 0.05) is 6.42 Å². The molecule has 0 amide bonds. The van der Waals surface area contributed by atoms with Crippen LogP contribution in [0.3, 0.4) is 0 Å². The summed E-state index contributed by atoms with van der Waals surface area (Å²) in [5.74, 6) is 5.11. The van der Waals surface area contributed by atoms with Crippen molar-refractivity contribution in [2.45, 2.75) is 52.6 Å². The highest BCUT2D eigenvalue weighted by molar-refractivity contribution is 4.98. The molecular formula is C15H24O. The first-order valence-corrected chi connectivity index (χ1v) is 6.39. The van der Waals surface area contributed by atoms with Gasteiger partial charge in [-0.25, -0.2) is 0 Å². The molecule has 1 aliphatic rings. The molecule has 16 heavy (non-hydrogen) atoms. The Morgan fingerprint density at radius 3 is 2.81 bits per heavy atom. The molecule has 1 heteroatoms. The predicted octanol–water partition coefficient (Wildman–Crippen LogP) is 4.00. The lowest BCUT2D eigenvalue weighted by Gasteiger charge is -2.35. The van der Waals surface area contributed by atoms with Crippen molar-refractivity contribution >= 4 is 0 Å². The van der Waals surface area contributed by atoms with E-state index in [1.807, 2.05) is 0 Å². The maximum absolute atomic E-state index is 5.72. The van der Waals surface area contributed by atoms with E-state index in [0.717, 1.165) is 12.3 Å². The highest BCUT2D eigenvalue weighted by Gasteiger charge is 2.31. The van der Waals surface area contributed by atoms with Crippen molar-refractivity contribution in [2.24, 2.45) is 17.8 Å². The zero-order valence-corrected chi connectivity index (χ0v) is 10.8. The largest absolute Gasteiger partial charge is 0.443 e. The molecule has 0 heterocycles. The Morgan fingerprint density at radius 2 is 2.19 bits per heavy atom. The first-order valence-electron chi connectivity index (χ1n) is 6.39. The van der Waals surface area contributed by atoms with Gasteiger partial charge in [0.15, 0.2) is 0 Å². The van der Waals surface area contributed by atoms with Gasteiger partial charge in [-0.2, -0.15) is 0 Å². The zero-order valence-electron chi connectivity index (χ0n) is 10.8. The van der Waals surface area contributed by atoms with Crippen LogP contribution in [0.5, 0.6) is 0 Å². The average molecular weight is 220 g/mol. The van der Waals surface area contributed by atoms with E-state index in [0.29, 0.717) is 24.4 Å². The lowest BCUT2D eigenvalue weighted by molar-refractivity contribution is 0.0251. The zero-order chi connectivity index (χ0) is 12.0. The smallest absolute Gasteiger partial charge is 0.114 e. The van der Waals surface area contributed by atoms with Gasteiger partial charge in [0.05, 0.1) is 0 Å². The van der Waals surface area contributed by atoms with Crippen LogP contribution in [-0.4, -0.2) is 6.10 Å². The van der Waals surface area contributed by atoms with Crippen LogP contribution in [0.25, 0.3) is 0 Å². The molecular weight excluding hydrogens is 196 g/mol. The number of allylic oxidation sites excluding steroid dienone is 1. The average Bonchev–Trinajstić information content (AvgIpc) is 2.24. The van der Waals surface area contributed by atoms with E-state index in [4.69, 9.17) is 4.74 Å². The van der Waals surface area contributed by atoms with Crippen LogP contribution in [0.15, 0.2) is 12.7 Å². The lowest BCUT2D eigenvalue weighted by atomic mass is 9.75. The number of hydrogen-bond acceptors (Lipinski definition) is 1. The fourth-order valence-electron chi connectivity index (χ4n) is 2.48. The van der Waals surface area contributed by atoms with E-state index < -0.39 is 0 Å². The van der Waals surface area contributed by atoms with Gasteiger partial charge in [-0.15, -0.1) is 6.58 Å². The monoisotopic (exact) mass is 220 g/mol. The van der Waals surface area contributed by atoms with Crippen molar-refractivity contribution in [1.29, 1.82) is 0 Å². The van der Waals surface area contributed by atoms with E-state index >= 15 is 0 Å². The standard InChI is InChI=1S/C15H24O/c1-5-6-7-10-16-15-11-13(4)8-9-14(15)12(2)3/h5,12-15H,1,6,8-9,11H2,2-4H3/t13-,14+,15-/m1/s1. The van der Waals surface area contributed by atoms with Gasteiger partial charge in [0.1, 0.15) is 12.2 Å². The second-order valence-corrected chi connectivity index (χ2v) is 5.25. The Kier molecular flexibility index (Phi) is 5.46. The third-order valence-electron chi connectivity index (χ3n) is 3.49. The number of hydrogen-bond donors (Lipinski definition) is 0. The topological polar surface area (TPSA) is 9.23 Å². The summed E-state index contributed by atoms with van der Waals surface area (Å²) in [4.78, 5) is 0. The van der Waals surface area contributed by atoms with Crippen molar-refractivity contribution in [3.63, 3.8) is 0 Å². The van der Waals surface area contributed by atoms with Crippen LogP contribution >= 0.6 is 0 Å². The number of rotatable bonds is 3. The Morgan fingerprint density at radius 1 is 1.44 bits per heavy atom. The molecule has 0 aliphatic heterocycles. The van der Waals surface area contributed by atoms with Crippen molar-refractivity contribution in [1.82, 2.24) is 0 Å². The van der Waals surface area contributed by atoms with Crippen molar-refractivity contribution in [3.05, 3.63) is 12.7 Å². The normalized spacial score (nSPS) is 29.4. The van der Waals surface area contributed by atoms with E-state index in [1.165, 1.54) is 12.8 Å². The molecule has 0 saturated heterocycles. The Balaban J connectivity index is 2.51. The molecule has 0 radical (unpaired) electrons. The third-order valence-corrected chi connectivity index (χ3v) is 3.49. The van der Waals surface area contributed by atoms with E-state index in [9.17, 15) is 0 Å². The summed E-state index contributed by atoms with van der Waals surface area (Å²) < 4.78 is 5.72. The van der Waals surface area contributed by atoms with Crippen molar-refractivity contribution in [3.8, 4) is 12.0 Å². The molecule has 3 atom stereocenters. The second kappa shape index (κ2) is 6.63. The second-order valence-electron chi connectivity index (χ2n) is 5.25. The van der Waals surface area contributed by atoms with Crippen LogP contribution in [0.1, 0.15) is 46.5 Å². The van der Waals surface area contributed by atoms with Crippen LogP contribution in [0.2, 0.25) is 0 Å². The summed E-state index contributed by atoms with van der Waals surface area (Å²) >= 11 is 0. The van der Waals surface area contributed by atoms with Gasteiger partial charge < -0.3 is 4.74 Å². The minimum absolute atomic E-state index is 0.334. The summed E-state index contributed by atoms with van der Waals surface area (Å²) in [5, 5.41) is 0. The van der Waals surface area contributed by atoms with Gasteiger partial charge in [-0.3, -0.25) is 0 Å². The molecule has 0 aromatic carbocycles. The first kappa shape index (κ1) is 13.2. The maximum atomic E-state index is 5.72. The molecule has 0 bridgehead atoms.